The van der Waals surface area contributed by atoms with Gasteiger partial charge in [-0.2, -0.15) is 0 Å². The predicted molar refractivity (Wildman–Crippen MR) is 69.5 cm³/mol. The molecule has 0 radical (unpaired) electrons. The van der Waals surface area contributed by atoms with E-state index in [1.54, 1.807) is 6.07 Å². The van der Waals surface area contributed by atoms with Gasteiger partial charge in [0.15, 0.2) is 0 Å². The topological polar surface area (TPSA) is 77.8 Å². The van der Waals surface area contributed by atoms with Gasteiger partial charge in [-0.25, -0.2) is 0 Å². The van der Waals surface area contributed by atoms with E-state index in [4.69, 9.17) is 5.11 Å². The number of carbonyl (C=O) groups excluding carboxylic acids is 1. The van der Waals surface area contributed by atoms with Crippen LogP contribution in [0.4, 0.5) is 0 Å². The molecule has 0 aliphatic carbocycles. The summed E-state index contributed by atoms with van der Waals surface area (Å²) in [5.74, 6) is -1.88. The Morgan fingerprint density at radius 3 is 2.67 bits per heavy atom. The van der Waals surface area contributed by atoms with Gasteiger partial charge in [-0.3, -0.25) is 9.59 Å². The van der Waals surface area contributed by atoms with E-state index in [9.17, 15) is 14.7 Å². The van der Waals surface area contributed by atoms with Gasteiger partial charge in [0.2, 0.25) is 0 Å². The van der Waals surface area contributed by atoms with E-state index in [-0.39, 0.29) is 17.9 Å². The van der Waals surface area contributed by atoms with Crippen molar-refractivity contribution in [2.75, 3.05) is 13.1 Å². The highest BCUT2D eigenvalue weighted by Crippen LogP contribution is 2.23. The molecule has 1 rings (SSSR count). The van der Waals surface area contributed by atoms with Crippen molar-refractivity contribution in [1.29, 1.82) is 0 Å². The standard InChI is InChI=1S/C12H12BrNO4/c1-2-5-14(7-11(16)17)12(18)9-6-8(13)3-4-10(9)15/h2-4,6,15H,1,5,7H2,(H,16,17). The molecule has 18 heavy (non-hydrogen) atoms. The molecular weight excluding hydrogens is 302 g/mol. The van der Waals surface area contributed by atoms with Gasteiger partial charge in [-0.1, -0.05) is 22.0 Å². The number of hydrogen-bond acceptors (Lipinski definition) is 3. The van der Waals surface area contributed by atoms with Crippen LogP contribution in [0.1, 0.15) is 10.4 Å². The van der Waals surface area contributed by atoms with Gasteiger partial charge < -0.3 is 15.1 Å². The summed E-state index contributed by atoms with van der Waals surface area (Å²) in [6.07, 6.45) is 1.43. The second kappa shape index (κ2) is 6.20. The summed E-state index contributed by atoms with van der Waals surface area (Å²) >= 11 is 3.19. The third-order valence-corrected chi connectivity index (χ3v) is 2.65. The minimum Gasteiger partial charge on any atom is -0.507 e. The van der Waals surface area contributed by atoms with Crippen LogP contribution >= 0.6 is 15.9 Å². The van der Waals surface area contributed by atoms with Crippen LogP contribution in [-0.4, -0.2) is 40.1 Å². The van der Waals surface area contributed by atoms with Gasteiger partial charge in [0, 0.05) is 11.0 Å². The first-order chi connectivity index (χ1) is 8.45. The molecule has 0 atom stereocenters. The molecule has 0 bridgehead atoms. The molecule has 0 unspecified atom stereocenters. The molecule has 6 heteroatoms. The van der Waals surface area contributed by atoms with Gasteiger partial charge in [-0.15, -0.1) is 6.58 Å². The van der Waals surface area contributed by atoms with E-state index in [1.807, 2.05) is 0 Å². The first-order valence-corrected chi connectivity index (χ1v) is 5.85. The van der Waals surface area contributed by atoms with Crippen molar-refractivity contribution < 1.29 is 19.8 Å². The number of aromatic hydroxyl groups is 1. The second-order valence-electron chi connectivity index (χ2n) is 3.53. The van der Waals surface area contributed by atoms with Crippen LogP contribution in [0.25, 0.3) is 0 Å². The number of rotatable bonds is 5. The van der Waals surface area contributed by atoms with Crippen LogP contribution < -0.4 is 0 Å². The fourth-order valence-electron chi connectivity index (χ4n) is 1.39. The normalized spacial score (nSPS) is 9.83. The SMILES string of the molecule is C=CCN(CC(=O)O)C(=O)c1cc(Br)ccc1O. The Hall–Kier alpha value is -1.82. The fourth-order valence-corrected chi connectivity index (χ4v) is 1.75. The molecular formula is C12H12BrNO4. The second-order valence-corrected chi connectivity index (χ2v) is 4.45. The van der Waals surface area contributed by atoms with Crippen molar-refractivity contribution in [2.45, 2.75) is 0 Å². The third kappa shape index (κ3) is 3.59. The fraction of sp³-hybridized carbons (Fsp3) is 0.167. The monoisotopic (exact) mass is 313 g/mol. The number of benzene rings is 1. The van der Waals surface area contributed by atoms with Gasteiger partial charge in [0.05, 0.1) is 5.56 Å². The highest BCUT2D eigenvalue weighted by Gasteiger charge is 2.20. The maximum absolute atomic E-state index is 12.1. The highest BCUT2D eigenvalue weighted by molar-refractivity contribution is 9.10. The maximum atomic E-state index is 12.1. The summed E-state index contributed by atoms with van der Waals surface area (Å²) in [6, 6.07) is 4.39. The Morgan fingerprint density at radius 1 is 1.44 bits per heavy atom. The van der Waals surface area contributed by atoms with E-state index >= 15 is 0 Å². The van der Waals surface area contributed by atoms with Crippen LogP contribution in [-0.2, 0) is 4.79 Å². The first kappa shape index (κ1) is 14.2. The molecule has 0 saturated carbocycles. The highest BCUT2D eigenvalue weighted by atomic mass is 79.9. The zero-order valence-electron chi connectivity index (χ0n) is 9.47. The van der Waals surface area contributed by atoms with Crippen LogP contribution in [0, 0.1) is 0 Å². The quantitative estimate of drug-likeness (QED) is 0.813. The number of carboxylic acid groups (broad SMARTS) is 1. The Balaban J connectivity index is 3.04. The summed E-state index contributed by atoms with van der Waals surface area (Å²) in [5, 5.41) is 18.3. The van der Waals surface area contributed by atoms with Gasteiger partial charge in [0.1, 0.15) is 12.3 Å². The molecule has 1 aromatic rings. The van der Waals surface area contributed by atoms with Crippen molar-refractivity contribution in [3.8, 4) is 5.75 Å². The van der Waals surface area contributed by atoms with Gasteiger partial charge in [-0.05, 0) is 18.2 Å². The van der Waals surface area contributed by atoms with Crippen LogP contribution in [0.5, 0.6) is 5.75 Å². The number of carboxylic acids is 1. The van der Waals surface area contributed by atoms with Crippen molar-refractivity contribution >= 4 is 27.8 Å². The molecule has 0 aromatic heterocycles. The summed E-state index contributed by atoms with van der Waals surface area (Å²) in [7, 11) is 0. The molecule has 0 saturated heterocycles. The summed E-state index contributed by atoms with van der Waals surface area (Å²) < 4.78 is 0.623. The molecule has 1 aromatic carbocycles. The Kier molecular flexibility index (Phi) is 4.91. The zero-order valence-corrected chi connectivity index (χ0v) is 11.1. The largest absolute Gasteiger partial charge is 0.507 e. The first-order valence-electron chi connectivity index (χ1n) is 5.06. The van der Waals surface area contributed by atoms with E-state index in [2.05, 4.69) is 22.5 Å². The van der Waals surface area contributed by atoms with Crippen molar-refractivity contribution in [1.82, 2.24) is 4.90 Å². The number of amides is 1. The smallest absolute Gasteiger partial charge is 0.323 e. The van der Waals surface area contributed by atoms with Crippen molar-refractivity contribution in [3.05, 3.63) is 40.9 Å². The summed E-state index contributed by atoms with van der Waals surface area (Å²) in [6.45, 7) is 3.11. The lowest BCUT2D eigenvalue weighted by molar-refractivity contribution is -0.137. The molecule has 0 fully saturated rings. The molecule has 96 valence electrons. The molecule has 5 nitrogen and oxygen atoms in total. The molecule has 2 N–H and O–H groups in total. The average Bonchev–Trinajstić information content (AvgIpc) is 2.30. The van der Waals surface area contributed by atoms with E-state index in [0.29, 0.717) is 4.47 Å². The molecule has 0 heterocycles. The number of aliphatic carboxylic acids is 1. The number of phenols is 1. The molecule has 0 spiro atoms. The van der Waals surface area contributed by atoms with E-state index in [1.165, 1.54) is 18.2 Å². The lowest BCUT2D eigenvalue weighted by atomic mass is 10.1. The Morgan fingerprint density at radius 2 is 2.11 bits per heavy atom. The number of hydrogen-bond donors (Lipinski definition) is 2. The van der Waals surface area contributed by atoms with Crippen molar-refractivity contribution in [3.63, 3.8) is 0 Å². The summed E-state index contributed by atoms with van der Waals surface area (Å²) in [4.78, 5) is 23.8. The number of nitrogens with zero attached hydrogens (tertiary/aromatic N) is 1. The number of phenolic OH excluding ortho intramolecular Hbond substituents is 1. The summed E-state index contributed by atoms with van der Waals surface area (Å²) in [5.41, 5.74) is 0.0486. The lowest BCUT2D eigenvalue weighted by Crippen LogP contribution is -2.35. The lowest BCUT2D eigenvalue weighted by Gasteiger charge is -2.19. The van der Waals surface area contributed by atoms with E-state index in [0.717, 1.165) is 4.90 Å². The minimum atomic E-state index is -1.13. The zero-order chi connectivity index (χ0) is 13.7. The molecule has 0 aliphatic heterocycles. The van der Waals surface area contributed by atoms with Gasteiger partial charge in [0.25, 0.3) is 5.91 Å². The Bertz CT molecular complexity index is 487. The van der Waals surface area contributed by atoms with E-state index < -0.39 is 18.4 Å². The van der Waals surface area contributed by atoms with Gasteiger partial charge >= 0.3 is 5.97 Å². The third-order valence-electron chi connectivity index (χ3n) is 2.15. The number of carbonyl (C=O) groups is 2. The Labute approximate surface area is 112 Å². The number of halogens is 1. The maximum Gasteiger partial charge on any atom is 0.323 e. The molecule has 1 amide bonds. The van der Waals surface area contributed by atoms with Crippen molar-refractivity contribution in [2.24, 2.45) is 0 Å². The van der Waals surface area contributed by atoms with Crippen LogP contribution in [0.3, 0.4) is 0 Å². The average molecular weight is 314 g/mol. The predicted octanol–water partition coefficient (Wildman–Crippen LogP) is 1.87. The molecule has 0 aliphatic rings. The van der Waals surface area contributed by atoms with Crippen LogP contribution in [0.15, 0.2) is 35.3 Å². The van der Waals surface area contributed by atoms with Crippen LogP contribution in [0.2, 0.25) is 0 Å². The minimum absolute atomic E-state index is 0.0486.